The molecule has 0 bridgehead atoms. The van der Waals surface area contributed by atoms with Crippen molar-refractivity contribution in [3.05, 3.63) is 17.6 Å². The zero-order valence-electron chi connectivity index (χ0n) is 12.9. The van der Waals surface area contributed by atoms with Crippen LogP contribution < -0.4 is 10.0 Å². The number of aryl methyl sites for hydroxylation is 1. The Hall–Kier alpha value is -0.850. The van der Waals surface area contributed by atoms with Gasteiger partial charge in [0.05, 0.1) is 6.54 Å². The lowest BCUT2D eigenvalue weighted by atomic mass is 10.2. The molecule has 1 saturated carbocycles. The molecule has 2 rings (SSSR count). The van der Waals surface area contributed by atoms with Crippen molar-refractivity contribution in [1.82, 2.24) is 10.0 Å². The first-order chi connectivity index (χ1) is 10.0. The average Bonchev–Trinajstić information content (AvgIpc) is 3.18. The third-order valence-electron chi connectivity index (χ3n) is 3.68. The second-order valence-corrected chi connectivity index (χ2v) is 7.48. The summed E-state index contributed by atoms with van der Waals surface area (Å²) in [5.41, 5.74) is 0. The minimum atomic E-state index is -3.45. The molecule has 120 valence electrons. The van der Waals surface area contributed by atoms with Gasteiger partial charge in [-0.1, -0.05) is 26.2 Å². The van der Waals surface area contributed by atoms with Crippen molar-refractivity contribution >= 4 is 10.0 Å². The molecule has 0 aliphatic heterocycles. The first kappa shape index (κ1) is 16.5. The van der Waals surface area contributed by atoms with Crippen molar-refractivity contribution in [2.24, 2.45) is 0 Å². The van der Waals surface area contributed by atoms with E-state index in [2.05, 4.69) is 17.0 Å². The highest BCUT2D eigenvalue weighted by Gasteiger charge is 2.23. The Morgan fingerprint density at radius 1 is 1.29 bits per heavy atom. The molecule has 21 heavy (non-hydrogen) atoms. The minimum absolute atomic E-state index is 0.269. The van der Waals surface area contributed by atoms with Gasteiger partial charge in [-0.05, 0) is 26.2 Å². The summed E-state index contributed by atoms with van der Waals surface area (Å²) in [5.74, 6) is 1.15. The summed E-state index contributed by atoms with van der Waals surface area (Å²) in [6.45, 7) is 4.92. The van der Waals surface area contributed by atoms with Crippen LogP contribution in [-0.2, 0) is 16.6 Å². The number of furan rings is 1. The maximum atomic E-state index is 12.3. The largest absolute Gasteiger partial charge is 0.464 e. The Kier molecular flexibility index (Phi) is 5.84. The van der Waals surface area contributed by atoms with E-state index in [0.29, 0.717) is 30.7 Å². The molecule has 0 radical (unpaired) electrons. The Balaban J connectivity index is 1.88. The molecule has 0 amide bonds. The van der Waals surface area contributed by atoms with Crippen LogP contribution >= 0.6 is 0 Å². The van der Waals surface area contributed by atoms with Gasteiger partial charge in [0.2, 0.25) is 10.0 Å². The van der Waals surface area contributed by atoms with Gasteiger partial charge in [-0.25, -0.2) is 13.1 Å². The summed E-state index contributed by atoms with van der Waals surface area (Å²) in [6, 6.07) is 2.21. The standard InChI is InChI=1S/C15H26N2O3S/c1-3-4-5-6-9-17-21(18,19)15-10-14(20-12(15)2)11-16-13-7-8-13/h10,13,16-17H,3-9,11H2,1-2H3. The smallest absolute Gasteiger partial charge is 0.244 e. The molecule has 1 aromatic rings. The maximum absolute atomic E-state index is 12.3. The summed E-state index contributed by atoms with van der Waals surface area (Å²) in [5, 5.41) is 3.32. The van der Waals surface area contributed by atoms with Crippen LogP contribution in [0.4, 0.5) is 0 Å². The van der Waals surface area contributed by atoms with Crippen molar-refractivity contribution < 1.29 is 12.8 Å². The lowest BCUT2D eigenvalue weighted by Crippen LogP contribution is -2.25. The molecule has 1 fully saturated rings. The van der Waals surface area contributed by atoms with Gasteiger partial charge in [-0.2, -0.15) is 0 Å². The van der Waals surface area contributed by atoms with E-state index in [9.17, 15) is 8.42 Å². The molecular formula is C15H26N2O3S. The van der Waals surface area contributed by atoms with Crippen LogP contribution in [0.15, 0.2) is 15.4 Å². The van der Waals surface area contributed by atoms with Crippen molar-refractivity contribution in [3.63, 3.8) is 0 Å². The van der Waals surface area contributed by atoms with Crippen molar-refractivity contribution in [1.29, 1.82) is 0 Å². The quantitative estimate of drug-likeness (QED) is 0.651. The van der Waals surface area contributed by atoms with Crippen LogP contribution in [0.3, 0.4) is 0 Å². The van der Waals surface area contributed by atoms with Crippen molar-refractivity contribution in [2.75, 3.05) is 6.54 Å². The van der Waals surface area contributed by atoms with Gasteiger partial charge in [0, 0.05) is 18.7 Å². The Labute approximate surface area is 127 Å². The lowest BCUT2D eigenvalue weighted by molar-refractivity contribution is 0.456. The van der Waals surface area contributed by atoms with Gasteiger partial charge in [-0.3, -0.25) is 0 Å². The summed E-state index contributed by atoms with van der Waals surface area (Å²) in [4.78, 5) is 0.269. The van der Waals surface area contributed by atoms with E-state index in [1.54, 1.807) is 13.0 Å². The van der Waals surface area contributed by atoms with Gasteiger partial charge >= 0.3 is 0 Å². The van der Waals surface area contributed by atoms with Crippen LogP contribution in [-0.4, -0.2) is 21.0 Å². The normalized spacial score (nSPS) is 15.5. The highest BCUT2D eigenvalue weighted by atomic mass is 32.2. The average molecular weight is 314 g/mol. The lowest BCUT2D eigenvalue weighted by Gasteiger charge is -2.05. The number of rotatable bonds is 10. The van der Waals surface area contributed by atoms with Crippen LogP contribution in [0.2, 0.25) is 0 Å². The molecular weight excluding hydrogens is 288 g/mol. The first-order valence-electron chi connectivity index (χ1n) is 7.85. The van der Waals surface area contributed by atoms with E-state index in [0.717, 1.165) is 25.7 Å². The van der Waals surface area contributed by atoms with Gasteiger partial charge in [0.1, 0.15) is 16.4 Å². The summed E-state index contributed by atoms with van der Waals surface area (Å²) in [6.07, 6.45) is 6.61. The molecule has 0 spiro atoms. The molecule has 1 heterocycles. The van der Waals surface area contributed by atoms with Crippen LogP contribution in [0.1, 0.15) is 57.0 Å². The fraction of sp³-hybridized carbons (Fsp3) is 0.733. The highest BCUT2D eigenvalue weighted by molar-refractivity contribution is 7.89. The number of sulfonamides is 1. The minimum Gasteiger partial charge on any atom is -0.464 e. The Bertz CT molecular complexity index is 547. The number of hydrogen-bond acceptors (Lipinski definition) is 4. The monoisotopic (exact) mass is 314 g/mol. The van der Waals surface area contributed by atoms with Gasteiger partial charge in [0.25, 0.3) is 0 Å². The van der Waals surface area contributed by atoms with Crippen molar-refractivity contribution in [3.8, 4) is 0 Å². The third kappa shape index (κ3) is 5.13. The van der Waals surface area contributed by atoms with E-state index < -0.39 is 10.0 Å². The fourth-order valence-corrected chi connectivity index (χ4v) is 3.52. The second kappa shape index (κ2) is 7.42. The second-order valence-electron chi connectivity index (χ2n) is 5.75. The fourth-order valence-electron chi connectivity index (χ4n) is 2.25. The van der Waals surface area contributed by atoms with E-state index in [1.165, 1.54) is 12.8 Å². The molecule has 0 saturated heterocycles. The molecule has 0 unspecified atom stereocenters. The Morgan fingerprint density at radius 2 is 2.05 bits per heavy atom. The molecule has 2 N–H and O–H groups in total. The van der Waals surface area contributed by atoms with E-state index in [4.69, 9.17) is 4.42 Å². The van der Waals surface area contributed by atoms with Crippen LogP contribution in [0.25, 0.3) is 0 Å². The summed E-state index contributed by atoms with van der Waals surface area (Å²) < 4.78 is 32.7. The zero-order chi connectivity index (χ0) is 15.3. The molecule has 1 aliphatic rings. The van der Waals surface area contributed by atoms with E-state index >= 15 is 0 Å². The Morgan fingerprint density at radius 3 is 2.71 bits per heavy atom. The van der Waals surface area contributed by atoms with Gasteiger partial charge < -0.3 is 9.73 Å². The molecule has 6 heteroatoms. The summed E-state index contributed by atoms with van der Waals surface area (Å²) >= 11 is 0. The van der Waals surface area contributed by atoms with Crippen LogP contribution in [0.5, 0.6) is 0 Å². The van der Waals surface area contributed by atoms with Gasteiger partial charge in [0.15, 0.2) is 0 Å². The zero-order valence-corrected chi connectivity index (χ0v) is 13.8. The molecule has 5 nitrogen and oxygen atoms in total. The van der Waals surface area contributed by atoms with E-state index in [1.807, 2.05) is 0 Å². The SMILES string of the molecule is CCCCCCNS(=O)(=O)c1cc(CNC2CC2)oc1C. The molecule has 1 aliphatic carbocycles. The number of hydrogen-bond donors (Lipinski definition) is 2. The third-order valence-corrected chi connectivity index (χ3v) is 5.25. The molecule has 0 aromatic carbocycles. The molecule has 0 atom stereocenters. The predicted octanol–water partition coefficient (Wildman–Crippen LogP) is 2.70. The number of nitrogens with one attached hydrogen (secondary N) is 2. The predicted molar refractivity (Wildman–Crippen MR) is 82.6 cm³/mol. The number of unbranched alkanes of at least 4 members (excludes halogenated alkanes) is 3. The topological polar surface area (TPSA) is 71.3 Å². The summed E-state index contributed by atoms with van der Waals surface area (Å²) in [7, 11) is -3.45. The van der Waals surface area contributed by atoms with Crippen molar-refractivity contribution in [2.45, 2.75) is 69.9 Å². The van der Waals surface area contributed by atoms with Gasteiger partial charge in [-0.15, -0.1) is 0 Å². The van der Waals surface area contributed by atoms with Crippen LogP contribution in [0, 0.1) is 6.92 Å². The first-order valence-corrected chi connectivity index (χ1v) is 9.33. The maximum Gasteiger partial charge on any atom is 0.244 e. The highest BCUT2D eigenvalue weighted by Crippen LogP contribution is 2.22. The molecule has 1 aromatic heterocycles. The van der Waals surface area contributed by atoms with E-state index in [-0.39, 0.29) is 4.90 Å².